The van der Waals surface area contributed by atoms with Gasteiger partial charge in [0.15, 0.2) is 0 Å². The van der Waals surface area contributed by atoms with Crippen LogP contribution in [-0.2, 0) is 6.54 Å². The summed E-state index contributed by atoms with van der Waals surface area (Å²) in [6.45, 7) is 12.4. The van der Waals surface area contributed by atoms with Crippen LogP contribution in [0.5, 0.6) is 0 Å². The van der Waals surface area contributed by atoms with Gasteiger partial charge in [0.25, 0.3) is 0 Å². The summed E-state index contributed by atoms with van der Waals surface area (Å²) in [6, 6.07) is 9.60. The predicted molar refractivity (Wildman–Crippen MR) is 82.4 cm³/mol. The number of nitrogens with one attached hydrogen (secondary N) is 1. The number of hydrogen-bond donors (Lipinski definition) is 1. The van der Waals surface area contributed by atoms with Crippen LogP contribution in [0.25, 0.3) is 0 Å². The zero-order valence-corrected chi connectivity index (χ0v) is 12.9. The molecule has 1 aromatic carbocycles. The van der Waals surface area contributed by atoms with E-state index >= 15 is 0 Å². The molecule has 2 rings (SSSR count). The molecular weight excluding hydrogens is 232 g/mol. The second-order valence-corrected chi connectivity index (χ2v) is 6.60. The lowest BCUT2D eigenvalue weighted by Crippen LogP contribution is -2.61. The summed E-state index contributed by atoms with van der Waals surface area (Å²) in [5.74, 6) is 0. The van der Waals surface area contributed by atoms with E-state index in [1.165, 1.54) is 24.0 Å². The minimum atomic E-state index is 0.230. The average molecular weight is 260 g/mol. The monoisotopic (exact) mass is 260 g/mol. The molecule has 1 N–H and O–H groups in total. The molecule has 1 atom stereocenters. The molecular formula is C17H28N2. The van der Waals surface area contributed by atoms with Gasteiger partial charge in [-0.2, -0.15) is 0 Å². The molecule has 0 amide bonds. The third kappa shape index (κ3) is 4.05. The van der Waals surface area contributed by atoms with Crippen LogP contribution in [0, 0.1) is 6.92 Å². The summed E-state index contributed by atoms with van der Waals surface area (Å²) < 4.78 is 0. The summed E-state index contributed by atoms with van der Waals surface area (Å²) >= 11 is 0. The lowest BCUT2D eigenvalue weighted by atomic mass is 9.96. The normalized spacial score (nSPS) is 23.5. The van der Waals surface area contributed by atoms with E-state index in [1.807, 2.05) is 0 Å². The Bertz CT molecular complexity index is 411. The van der Waals surface area contributed by atoms with Gasteiger partial charge < -0.3 is 5.32 Å². The maximum Gasteiger partial charge on any atom is 0.0253 e. The van der Waals surface area contributed by atoms with E-state index in [9.17, 15) is 0 Å². The molecule has 1 aliphatic heterocycles. The van der Waals surface area contributed by atoms with E-state index in [0.29, 0.717) is 6.04 Å². The third-order valence-electron chi connectivity index (χ3n) is 4.02. The molecule has 1 heterocycles. The second kappa shape index (κ2) is 6.06. The third-order valence-corrected chi connectivity index (χ3v) is 4.02. The summed E-state index contributed by atoms with van der Waals surface area (Å²) in [5.41, 5.74) is 3.03. The molecule has 1 aliphatic rings. The zero-order chi connectivity index (χ0) is 13.9. The first-order chi connectivity index (χ1) is 9.00. The van der Waals surface area contributed by atoms with Crippen molar-refractivity contribution in [2.75, 3.05) is 13.1 Å². The first-order valence-corrected chi connectivity index (χ1v) is 7.55. The van der Waals surface area contributed by atoms with Gasteiger partial charge in [-0.05, 0) is 32.8 Å². The molecule has 0 spiro atoms. The fraction of sp³-hybridized carbons (Fsp3) is 0.647. The van der Waals surface area contributed by atoms with Crippen LogP contribution in [0.2, 0.25) is 0 Å². The van der Waals surface area contributed by atoms with Crippen molar-refractivity contribution >= 4 is 0 Å². The van der Waals surface area contributed by atoms with Gasteiger partial charge in [0.1, 0.15) is 0 Å². The highest BCUT2D eigenvalue weighted by Crippen LogP contribution is 2.21. The molecule has 1 aromatic rings. The zero-order valence-electron chi connectivity index (χ0n) is 12.9. The van der Waals surface area contributed by atoms with E-state index in [0.717, 1.165) is 19.6 Å². The molecule has 2 heteroatoms. The molecule has 106 valence electrons. The molecule has 0 saturated carbocycles. The molecule has 2 nitrogen and oxygen atoms in total. The Morgan fingerprint density at radius 1 is 1.37 bits per heavy atom. The van der Waals surface area contributed by atoms with E-state index in [1.54, 1.807) is 0 Å². The van der Waals surface area contributed by atoms with Gasteiger partial charge >= 0.3 is 0 Å². The molecule has 0 aliphatic carbocycles. The van der Waals surface area contributed by atoms with Gasteiger partial charge in [0.2, 0.25) is 0 Å². The highest BCUT2D eigenvalue weighted by Gasteiger charge is 2.31. The second-order valence-electron chi connectivity index (χ2n) is 6.60. The van der Waals surface area contributed by atoms with Crippen LogP contribution in [0.4, 0.5) is 0 Å². The van der Waals surface area contributed by atoms with E-state index in [2.05, 4.69) is 62.2 Å². The number of benzene rings is 1. The summed E-state index contributed by atoms with van der Waals surface area (Å²) in [6.07, 6.45) is 2.55. The SMILES string of the molecule is CCCC1CNC(C)(C)CN1Cc1cccc(C)c1. The van der Waals surface area contributed by atoms with Crippen molar-refractivity contribution in [1.82, 2.24) is 10.2 Å². The van der Waals surface area contributed by atoms with Crippen LogP contribution >= 0.6 is 0 Å². The highest BCUT2D eigenvalue weighted by atomic mass is 15.2. The van der Waals surface area contributed by atoms with Crippen LogP contribution < -0.4 is 5.32 Å². The lowest BCUT2D eigenvalue weighted by Gasteiger charge is -2.44. The van der Waals surface area contributed by atoms with Gasteiger partial charge in [0, 0.05) is 31.2 Å². The predicted octanol–water partition coefficient (Wildman–Crippen LogP) is 3.35. The van der Waals surface area contributed by atoms with Crippen molar-refractivity contribution in [3.05, 3.63) is 35.4 Å². The molecule has 0 radical (unpaired) electrons. The Morgan fingerprint density at radius 2 is 2.16 bits per heavy atom. The fourth-order valence-corrected chi connectivity index (χ4v) is 3.06. The van der Waals surface area contributed by atoms with Crippen LogP contribution in [0.3, 0.4) is 0 Å². The van der Waals surface area contributed by atoms with Gasteiger partial charge in [-0.1, -0.05) is 43.2 Å². The van der Waals surface area contributed by atoms with Crippen molar-refractivity contribution in [3.8, 4) is 0 Å². The van der Waals surface area contributed by atoms with E-state index < -0.39 is 0 Å². The molecule has 1 fully saturated rings. The van der Waals surface area contributed by atoms with Gasteiger partial charge in [-0.25, -0.2) is 0 Å². The minimum Gasteiger partial charge on any atom is -0.309 e. The molecule has 0 bridgehead atoms. The quantitative estimate of drug-likeness (QED) is 0.893. The molecule has 19 heavy (non-hydrogen) atoms. The van der Waals surface area contributed by atoms with Crippen molar-refractivity contribution in [2.45, 2.75) is 58.7 Å². The Hall–Kier alpha value is -0.860. The number of rotatable bonds is 4. The van der Waals surface area contributed by atoms with Crippen molar-refractivity contribution in [2.24, 2.45) is 0 Å². The minimum absolute atomic E-state index is 0.230. The largest absolute Gasteiger partial charge is 0.309 e. The van der Waals surface area contributed by atoms with E-state index in [-0.39, 0.29) is 5.54 Å². The smallest absolute Gasteiger partial charge is 0.0253 e. The fourth-order valence-electron chi connectivity index (χ4n) is 3.06. The van der Waals surface area contributed by atoms with Crippen LogP contribution in [0.15, 0.2) is 24.3 Å². The first kappa shape index (κ1) is 14.5. The average Bonchev–Trinajstić information content (AvgIpc) is 2.32. The topological polar surface area (TPSA) is 15.3 Å². The van der Waals surface area contributed by atoms with E-state index in [4.69, 9.17) is 0 Å². The Labute approximate surface area is 118 Å². The number of piperazine rings is 1. The maximum atomic E-state index is 3.68. The summed E-state index contributed by atoms with van der Waals surface area (Å²) in [7, 11) is 0. The van der Waals surface area contributed by atoms with Crippen LogP contribution in [-0.4, -0.2) is 29.6 Å². The Morgan fingerprint density at radius 3 is 2.84 bits per heavy atom. The molecule has 1 unspecified atom stereocenters. The van der Waals surface area contributed by atoms with Crippen molar-refractivity contribution in [3.63, 3.8) is 0 Å². The number of hydrogen-bond acceptors (Lipinski definition) is 2. The Balaban J connectivity index is 2.09. The number of aryl methyl sites for hydroxylation is 1. The van der Waals surface area contributed by atoms with Crippen molar-refractivity contribution < 1.29 is 0 Å². The van der Waals surface area contributed by atoms with Crippen molar-refractivity contribution in [1.29, 1.82) is 0 Å². The lowest BCUT2D eigenvalue weighted by molar-refractivity contribution is 0.0827. The van der Waals surface area contributed by atoms with Gasteiger partial charge in [-0.3, -0.25) is 4.90 Å². The van der Waals surface area contributed by atoms with Crippen LogP contribution in [0.1, 0.15) is 44.7 Å². The molecule has 0 aromatic heterocycles. The van der Waals surface area contributed by atoms with Gasteiger partial charge in [-0.15, -0.1) is 0 Å². The maximum absolute atomic E-state index is 3.68. The summed E-state index contributed by atoms with van der Waals surface area (Å²) in [5, 5.41) is 3.68. The Kier molecular flexibility index (Phi) is 4.64. The molecule has 1 saturated heterocycles. The first-order valence-electron chi connectivity index (χ1n) is 7.55. The number of nitrogens with zero attached hydrogens (tertiary/aromatic N) is 1. The highest BCUT2D eigenvalue weighted by molar-refractivity contribution is 5.22. The van der Waals surface area contributed by atoms with Gasteiger partial charge in [0.05, 0.1) is 0 Å². The standard InChI is InChI=1S/C17H28N2/c1-5-7-16-11-18-17(3,4)13-19(16)12-15-9-6-8-14(2)10-15/h6,8-10,16,18H,5,7,11-13H2,1-4H3. The summed E-state index contributed by atoms with van der Waals surface area (Å²) in [4.78, 5) is 2.66.